The molecule has 0 aromatic heterocycles. The minimum absolute atomic E-state index is 0.0187. The monoisotopic (exact) mass is 327 g/mol. The van der Waals surface area contributed by atoms with Gasteiger partial charge in [-0.05, 0) is 36.6 Å². The van der Waals surface area contributed by atoms with Crippen LogP contribution in [0.3, 0.4) is 0 Å². The van der Waals surface area contributed by atoms with Crippen molar-refractivity contribution in [1.82, 2.24) is 5.32 Å². The number of ether oxygens (including phenoxy) is 1. The summed E-state index contributed by atoms with van der Waals surface area (Å²) in [7, 11) is 0. The van der Waals surface area contributed by atoms with E-state index < -0.39 is 30.3 Å². The number of amides is 1. The topological polar surface area (TPSA) is 75.6 Å². The zero-order valence-corrected chi connectivity index (χ0v) is 12.8. The summed E-state index contributed by atoms with van der Waals surface area (Å²) < 4.78 is 32.8. The number of halogens is 2. The Bertz CT molecular complexity index is 604. The first-order valence-corrected chi connectivity index (χ1v) is 7.37. The second-order valence-corrected chi connectivity index (χ2v) is 5.66. The van der Waals surface area contributed by atoms with E-state index in [1.807, 2.05) is 0 Å². The molecule has 2 rings (SSSR count). The number of hydrogen-bond acceptors (Lipinski definition) is 3. The average Bonchev–Trinajstić information content (AvgIpc) is 2.62. The van der Waals surface area contributed by atoms with Crippen molar-refractivity contribution in [2.75, 3.05) is 13.2 Å². The zero-order chi connectivity index (χ0) is 17.0. The molecular weight excluding hydrogens is 308 g/mol. The summed E-state index contributed by atoms with van der Waals surface area (Å²) in [5.74, 6) is -4.56. The number of nitrogens with one attached hydrogen (secondary N) is 1. The van der Waals surface area contributed by atoms with E-state index in [-0.39, 0.29) is 31.6 Å². The molecule has 23 heavy (non-hydrogen) atoms. The third kappa shape index (κ3) is 4.48. The van der Waals surface area contributed by atoms with E-state index in [2.05, 4.69) is 5.32 Å². The Morgan fingerprint density at radius 1 is 1.39 bits per heavy atom. The van der Waals surface area contributed by atoms with Crippen molar-refractivity contribution in [2.24, 2.45) is 0 Å². The second-order valence-electron chi connectivity index (χ2n) is 5.66. The number of rotatable bonds is 4. The standard InChI is InChI=1S/C16H19F2NO4/c1-10-8-12(15(21)22)3-2-11(10)9-14(20)19-13-4-6-23-7-5-16(13,17)18/h2-3,8,13H,4-7,9H2,1H3,(H,19,20)(H,21,22). The summed E-state index contributed by atoms with van der Waals surface area (Å²) in [6, 6.07) is 3.15. The van der Waals surface area contributed by atoms with Gasteiger partial charge in [-0.15, -0.1) is 0 Å². The number of carboxylic acid groups (broad SMARTS) is 1. The number of carbonyl (C=O) groups is 2. The molecule has 5 nitrogen and oxygen atoms in total. The molecule has 0 bridgehead atoms. The van der Waals surface area contributed by atoms with Gasteiger partial charge >= 0.3 is 5.97 Å². The van der Waals surface area contributed by atoms with Crippen LogP contribution in [-0.2, 0) is 16.0 Å². The molecule has 1 aromatic carbocycles. The fourth-order valence-corrected chi connectivity index (χ4v) is 2.52. The van der Waals surface area contributed by atoms with Gasteiger partial charge < -0.3 is 15.2 Å². The van der Waals surface area contributed by atoms with Gasteiger partial charge in [0, 0.05) is 13.0 Å². The lowest BCUT2D eigenvalue weighted by Gasteiger charge is -2.25. The predicted octanol–water partition coefficient (Wildman–Crippen LogP) is 2.17. The van der Waals surface area contributed by atoms with E-state index in [4.69, 9.17) is 9.84 Å². The minimum atomic E-state index is -2.99. The van der Waals surface area contributed by atoms with Crippen molar-refractivity contribution < 1.29 is 28.2 Å². The van der Waals surface area contributed by atoms with Crippen LogP contribution >= 0.6 is 0 Å². The Hall–Kier alpha value is -2.02. The van der Waals surface area contributed by atoms with Gasteiger partial charge in [-0.25, -0.2) is 13.6 Å². The molecule has 0 saturated carbocycles. The maximum Gasteiger partial charge on any atom is 0.335 e. The van der Waals surface area contributed by atoms with E-state index >= 15 is 0 Å². The number of carboxylic acids is 1. The third-order valence-electron chi connectivity index (χ3n) is 3.92. The highest BCUT2D eigenvalue weighted by Crippen LogP contribution is 2.27. The van der Waals surface area contributed by atoms with Crippen LogP contribution < -0.4 is 5.32 Å². The van der Waals surface area contributed by atoms with E-state index in [9.17, 15) is 18.4 Å². The van der Waals surface area contributed by atoms with Crippen LogP contribution in [0.1, 0.15) is 34.3 Å². The van der Waals surface area contributed by atoms with Crippen LogP contribution in [0.2, 0.25) is 0 Å². The molecule has 1 heterocycles. The first kappa shape index (κ1) is 17.3. The van der Waals surface area contributed by atoms with Crippen molar-refractivity contribution in [3.63, 3.8) is 0 Å². The van der Waals surface area contributed by atoms with Crippen molar-refractivity contribution >= 4 is 11.9 Å². The fourth-order valence-electron chi connectivity index (χ4n) is 2.52. The fraction of sp³-hybridized carbons (Fsp3) is 0.500. The molecule has 1 aliphatic heterocycles. The van der Waals surface area contributed by atoms with E-state index in [0.29, 0.717) is 11.1 Å². The van der Waals surface area contributed by atoms with Crippen molar-refractivity contribution in [2.45, 2.75) is 38.2 Å². The first-order chi connectivity index (χ1) is 10.8. The van der Waals surface area contributed by atoms with Gasteiger partial charge in [0.1, 0.15) is 0 Å². The number of aromatic carboxylic acids is 1. The van der Waals surface area contributed by atoms with Gasteiger partial charge in [0.25, 0.3) is 5.92 Å². The number of aryl methyl sites for hydroxylation is 1. The first-order valence-electron chi connectivity index (χ1n) is 7.37. The average molecular weight is 327 g/mol. The van der Waals surface area contributed by atoms with Crippen molar-refractivity contribution in [3.8, 4) is 0 Å². The Morgan fingerprint density at radius 2 is 2.13 bits per heavy atom. The van der Waals surface area contributed by atoms with Crippen LogP contribution in [0.25, 0.3) is 0 Å². The lowest BCUT2D eigenvalue weighted by atomic mass is 10.0. The number of hydrogen-bond donors (Lipinski definition) is 2. The molecule has 0 aliphatic carbocycles. The minimum Gasteiger partial charge on any atom is -0.478 e. The highest BCUT2D eigenvalue weighted by atomic mass is 19.3. The maximum absolute atomic E-state index is 13.9. The molecule has 1 atom stereocenters. The Labute approximate surface area is 132 Å². The lowest BCUT2D eigenvalue weighted by molar-refractivity contribution is -0.125. The summed E-state index contributed by atoms with van der Waals surface area (Å²) in [5.41, 5.74) is 1.37. The van der Waals surface area contributed by atoms with Gasteiger partial charge in [-0.2, -0.15) is 0 Å². The molecule has 1 fully saturated rings. The van der Waals surface area contributed by atoms with Crippen molar-refractivity contribution in [3.05, 3.63) is 34.9 Å². The summed E-state index contributed by atoms with van der Waals surface area (Å²) in [6.45, 7) is 1.85. The highest BCUT2D eigenvalue weighted by Gasteiger charge is 2.41. The molecule has 1 amide bonds. The van der Waals surface area contributed by atoms with Crippen LogP contribution in [0, 0.1) is 6.92 Å². The Balaban J connectivity index is 2.03. The largest absolute Gasteiger partial charge is 0.478 e. The SMILES string of the molecule is Cc1cc(C(=O)O)ccc1CC(=O)NC1CCOCCC1(F)F. The lowest BCUT2D eigenvalue weighted by Crippen LogP contribution is -2.48. The van der Waals surface area contributed by atoms with Gasteiger partial charge in [0.05, 0.1) is 24.6 Å². The van der Waals surface area contributed by atoms with E-state index in [0.717, 1.165) is 0 Å². The number of carbonyl (C=O) groups excluding carboxylic acids is 1. The second kappa shape index (κ2) is 7.04. The molecule has 1 unspecified atom stereocenters. The van der Waals surface area contributed by atoms with E-state index in [1.165, 1.54) is 18.2 Å². The Morgan fingerprint density at radius 3 is 2.78 bits per heavy atom. The summed E-state index contributed by atoms with van der Waals surface area (Å²) in [6.07, 6.45) is -0.418. The summed E-state index contributed by atoms with van der Waals surface area (Å²) >= 11 is 0. The van der Waals surface area contributed by atoms with Crippen molar-refractivity contribution in [1.29, 1.82) is 0 Å². The zero-order valence-electron chi connectivity index (χ0n) is 12.8. The molecule has 126 valence electrons. The number of alkyl halides is 2. The number of benzene rings is 1. The molecule has 1 saturated heterocycles. The van der Waals surface area contributed by atoms with Crippen LogP contribution in [0.4, 0.5) is 8.78 Å². The molecule has 0 spiro atoms. The molecule has 1 aromatic rings. The van der Waals surface area contributed by atoms with Crippen LogP contribution in [0.15, 0.2) is 18.2 Å². The third-order valence-corrected chi connectivity index (χ3v) is 3.92. The molecule has 0 radical (unpaired) electrons. The van der Waals surface area contributed by atoms with Gasteiger partial charge in [-0.1, -0.05) is 6.07 Å². The molecule has 7 heteroatoms. The van der Waals surface area contributed by atoms with E-state index in [1.54, 1.807) is 6.92 Å². The highest BCUT2D eigenvalue weighted by molar-refractivity contribution is 5.88. The van der Waals surface area contributed by atoms with Gasteiger partial charge in [-0.3, -0.25) is 4.79 Å². The molecule has 1 aliphatic rings. The smallest absolute Gasteiger partial charge is 0.335 e. The molecular formula is C16H19F2NO4. The Kier molecular flexibility index (Phi) is 5.30. The van der Waals surface area contributed by atoms with Gasteiger partial charge in [0.2, 0.25) is 5.91 Å². The van der Waals surface area contributed by atoms with Crippen LogP contribution in [0.5, 0.6) is 0 Å². The van der Waals surface area contributed by atoms with Gasteiger partial charge in [0.15, 0.2) is 0 Å². The molecule has 2 N–H and O–H groups in total. The van der Waals surface area contributed by atoms with Crippen LogP contribution in [-0.4, -0.2) is 42.2 Å². The normalized spacial score (nSPS) is 20.6. The maximum atomic E-state index is 13.9. The quantitative estimate of drug-likeness (QED) is 0.889. The predicted molar refractivity (Wildman–Crippen MR) is 78.8 cm³/mol. The summed E-state index contributed by atoms with van der Waals surface area (Å²) in [5, 5.41) is 11.3. The summed E-state index contributed by atoms with van der Waals surface area (Å²) in [4.78, 5) is 22.9.